The summed E-state index contributed by atoms with van der Waals surface area (Å²) in [5, 5.41) is 10.3. The second-order valence-corrected chi connectivity index (χ2v) is 7.04. The summed E-state index contributed by atoms with van der Waals surface area (Å²) in [7, 11) is 0. The van der Waals surface area contributed by atoms with Crippen LogP contribution in [0.1, 0.15) is 12.0 Å². The molecule has 0 amide bonds. The fourth-order valence-corrected chi connectivity index (χ4v) is 3.57. The van der Waals surface area contributed by atoms with Crippen molar-refractivity contribution in [2.45, 2.75) is 13.0 Å². The van der Waals surface area contributed by atoms with Crippen molar-refractivity contribution >= 4 is 21.6 Å². The first-order valence-corrected chi connectivity index (χ1v) is 9.69. The van der Waals surface area contributed by atoms with Gasteiger partial charge in [-0.3, -0.25) is 0 Å². The minimum Gasteiger partial charge on any atom is -0.494 e. The van der Waals surface area contributed by atoms with Crippen LogP contribution in [0.15, 0.2) is 64.5 Å². The van der Waals surface area contributed by atoms with Crippen LogP contribution in [0.2, 0.25) is 0 Å². The van der Waals surface area contributed by atoms with Crippen molar-refractivity contribution in [1.82, 2.24) is 10.5 Å². The van der Waals surface area contributed by atoms with Crippen LogP contribution < -0.4 is 10.1 Å². The highest BCUT2D eigenvalue weighted by molar-refractivity contribution is 7.16. The number of halogens is 1. The van der Waals surface area contributed by atoms with E-state index in [0.717, 1.165) is 40.3 Å². The molecule has 0 saturated carbocycles. The van der Waals surface area contributed by atoms with E-state index in [4.69, 9.17) is 9.26 Å². The van der Waals surface area contributed by atoms with Gasteiger partial charge in [0.1, 0.15) is 11.6 Å². The lowest BCUT2D eigenvalue weighted by atomic mass is 10.1. The van der Waals surface area contributed by atoms with E-state index in [9.17, 15) is 4.39 Å². The van der Waals surface area contributed by atoms with Gasteiger partial charge >= 0.3 is 0 Å². The lowest BCUT2D eigenvalue weighted by Gasteiger charge is -2.08. The van der Waals surface area contributed by atoms with E-state index in [1.165, 1.54) is 6.07 Å². The van der Waals surface area contributed by atoms with Gasteiger partial charge in [0.25, 0.3) is 0 Å². The van der Waals surface area contributed by atoms with Crippen molar-refractivity contribution in [1.29, 1.82) is 0 Å². The third-order valence-corrected chi connectivity index (χ3v) is 5.04. The third kappa shape index (κ3) is 4.18. The second-order valence-electron chi connectivity index (χ2n) is 6.15. The average molecular weight is 382 g/mol. The van der Waals surface area contributed by atoms with E-state index in [2.05, 4.69) is 10.5 Å². The lowest BCUT2D eigenvalue weighted by Crippen LogP contribution is -2.17. The Morgan fingerprint density at radius 1 is 1.11 bits per heavy atom. The van der Waals surface area contributed by atoms with Crippen LogP contribution in [0.25, 0.3) is 21.5 Å². The lowest BCUT2D eigenvalue weighted by molar-refractivity contribution is 0.308. The van der Waals surface area contributed by atoms with Gasteiger partial charge in [-0.1, -0.05) is 35.5 Å². The third-order valence-electron chi connectivity index (χ3n) is 4.25. The Labute approximate surface area is 160 Å². The molecule has 0 bridgehead atoms. The minimum absolute atomic E-state index is 0.176. The van der Waals surface area contributed by atoms with Gasteiger partial charge in [-0.2, -0.15) is 0 Å². The molecule has 0 radical (unpaired) electrons. The van der Waals surface area contributed by atoms with E-state index in [1.54, 1.807) is 23.5 Å². The van der Waals surface area contributed by atoms with Crippen molar-refractivity contribution in [3.8, 4) is 17.1 Å². The standard InChI is InChI=1S/C21H19FN2O2S/c22-19-8-2-1-5-16(19)14-23-10-4-11-25-17-7-3-6-15(13-17)20-18-9-12-27-21(18)24-26-20/h1-3,5-9,12-13,23H,4,10-11,14H2. The number of thiophene rings is 1. The van der Waals surface area contributed by atoms with Crippen LogP contribution in [-0.4, -0.2) is 18.3 Å². The SMILES string of the molecule is Fc1ccccc1CNCCCOc1cccc(-c2onc3sccc23)c1. The first kappa shape index (κ1) is 17.7. The number of ether oxygens (including phenoxy) is 1. The van der Waals surface area contributed by atoms with E-state index < -0.39 is 0 Å². The molecule has 138 valence electrons. The second kappa shape index (κ2) is 8.33. The average Bonchev–Trinajstić information content (AvgIpc) is 3.30. The van der Waals surface area contributed by atoms with E-state index in [-0.39, 0.29) is 5.82 Å². The predicted molar refractivity (Wildman–Crippen MR) is 106 cm³/mol. The Balaban J connectivity index is 1.27. The van der Waals surface area contributed by atoms with Gasteiger partial charge in [-0.25, -0.2) is 4.39 Å². The Hall–Kier alpha value is -2.70. The van der Waals surface area contributed by atoms with Crippen LogP contribution >= 0.6 is 11.3 Å². The zero-order valence-corrected chi connectivity index (χ0v) is 15.5. The Kier molecular flexibility index (Phi) is 5.46. The van der Waals surface area contributed by atoms with Gasteiger partial charge in [0.05, 0.1) is 12.0 Å². The summed E-state index contributed by atoms with van der Waals surface area (Å²) in [5.74, 6) is 1.38. The number of rotatable bonds is 8. The first-order chi connectivity index (χ1) is 13.3. The summed E-state index contributed by atoms with van der Waals surface area (Å²) in [5.41, 5.74) is 1.63. The summed E-state index contributed by atoms with van der Waals surface area (Å²) in [6.45, 7) is 1.86. The Bertz CT molecular complexity index is 1030. The molecule has 2 aromatic carbocycles. The first-order valence-electron chi connectivity index (χ1n) is 8.81. The maximum atomic E-state index is 13.5. The van der Waals surface area contributed by atoms with Crippen molar-refractivity contribution in [3.05, 3.63) is 71.4 Å². The molecule has 2 aromatic heterocycles. The molecule has 0 atom stereocenters. The number of benzene rings is 2. The number of fused-ring (bicyclic) bond motifs is 1. The topological polar surface area (TPSA) is 47.3 Å². The highest BCUT2D eigenvalue weighted by atomic mass is 32.1. The molecule has 2 heterocycles. The van der Waals surface area contributed by atoms with Crippen LogP contribution in [-0.2, 0) is 6.54 Å². The largest absolute Gasteiger partial charge is 0.494 e. The molecule has 4 nitrogen and oxygen atoms in total. The maximum absolute atomic E-state index is 13.5. The summed E-state index contributed by atoms with van der Waals surface area (Å²) >= 11 is 1.56. The van der Waals surface area contributed by atoms with Crippen molar-refractivity contribution < 1.29 is 13.7 Å². The van der Waals surface area contributed by atoms with Gasteiger partial charge in [0.2, 0.25) is 0 Å². The monoisotopic (exact) mass is 382 g/mol. The molecule has 0 saturated heterocycles. The summed E-state index contributed by atoms with van der Waals surface area (Å²) in [4.78, 5) is 0.900. The molecule has 4 aromatic rings. The molecule has 0 unspecified atom stereocenters. The predicted octanol–water partition coefficient (Wildman–Crippen LogP) is 5.25. The van der Waals surface area contributed by atoms with E-state index in [0.29, 0.717) is 18.7 Å². The number of aromatic nitrogens is 1. The number of nitrogens with zero attached hydrogens (tertiary/aromatic N) is 1. The molecule has 0 aliphatic rings. The van der Waals surface area contributed by atoms with Crippen molar-refractivity contribution in [2.24, 2.45) is 0 Å². The number of hydrogen-bond acceptors (Lipinski definition) is 5. The zero-order chi connectivity index (χ0) is 18.5. The van der Waals surface area contributed by atoms with Crippen LogP contribution in [0, 0.1) is 5.82 Å². The van der Waals surface area contributed by atoms with Gasteiger partial charge in [-0.15, -0.1) is 11.3 Å². The smallest absolute Gasteiger partial charge is 0.175 e. The van der Waals surface area contributed by atoms with Gasteiger partial charge in [0.15, 0.2) is 10.6 Å². The molecule has 4 rings (SSSR count). The highest BCUT2D eigenvalue weighted by Gasteiger charge is 2.12. The number of hydrogen-bond donors (Lipinski definition) is 1. The molecular weight excluding hydrogens is 363 g/mol. The van der Waals surface area contributed by atoms with E-state index in [1.807, 2.05) is 41.8 Å². The Morgan fingerprint density at radius 3 is 2.96 bits per heavy atom. The molecular formula is C21H19FN2O2S. The normalized spacial score (nSPS) is 11.1. The summed E-state index contributed by atoms with van der Waals surface area (Å²) in [6.07, 6.45) is 0.829. The van der Waals surface area contributed by atoms with Gasteiger partial charge in [0, 0.05) is 17.7 Å². The molecule has 0 spiro atoms. The summed E-state index contributed by atoms with van der Waals surface area (Å²) in [6, 6.07) is 16.6. The van der Waals surface area contributed by atoms with E-state index >= 15 is 0 Å². The fourth-order valence-electron chi connectivity index (χ4n) is 2.87. The maximum Gasteiger partial charge on any atom is 0.175 e. The van der Waals surface area contributed by atoms with Gasteiger partial charge in [-0.05, 0) is 42.6 Å². The molecule has 0 aliphatic heterocycles. The molecule has 6 heteroatoms. The molecule has 0 fully saturated rings. The molecule has 27 heavy (non-hydrogen) atoms. The molecule has 1 N–H and O–H groups in total. The molecule has 0 aliphatic carbocycles. The Morgan fingerprint density at radius 2 is 2.04 bits per heavy atom. The number of nitrogens with one attached hydrogen (secondary N) is 1. The summed E-state index contributed by atoms with van der Waals surface area (Å²) < 4.78 is 24.9. The zero-order valence-electron chi connectivity index (χ0n) is 14.7. The minimum atomic E-state index is -0.176. The van der Waals surface area contributed by atoms with Crippen molar-refractivity contribution in [3.63, 3.8) is 0 Å². The van der Waals surface area contributed by atoms with Crippen LogP contribution in [0.3, 0.4) is 0 Å². The van der Waals surface area contributed by atoms with Gasteiger partial charge < -0.3 is 14.6 Å². The quantitative estimate of drug-likeness (QED) is 0.423. The highest BCUT2D eigenvalue weighted by Crippen LogP contribution is 2.33. The van der Waals surface area contributed by atoms with Crippen LogP contribution in [0.5, 0.6) is 5.75 Å². The van der Waals surface area contributed by atoms with Crippen LogP contribution in [0.4, 0.5) is 4.39 Å². The van der Waals surface area contributed by atoms with Crippen molar-refractivity contribution in [2.75, 3.05) is 13.2 Å². The fraction of sp³-hybridized carbons (Fsp3) is 0.190.